The molecule has 0 aliphatic carbocycles. The van der Waals surface area contributed by atoms with Crippen molar-refractivity contribution in [2.45, 2.75) is 6.42 Å². The van der Waals surface area contributed by atoms with Crippen molar-refractivity contribution < 1.29 is 22.6 Å². The van der Waals surface area contributed by atoms with Crippen LogP contribution in [0.1, 0.15) is 5.56 Å². The lowest BCUT2D eigenvalue weighted by atomic mass is 10.1. The molecule has 0 aliphatic heterocycles. The van der Waals surface area contributed by atoms with Crippen LogP contribution < -0.4 is 11.3 Å². The van der Waals surface area contributed by atoms with Gasteiger partial charge >= 0.3 is 10.4 Å². The van der Waals surface area contributed by atoms with Crippen molar-refractivity contribution in [2.75, 3.05) is 6.54 Å². The summed E-state index contributed by atoms with van der Waals surface area (Å²) in [6, 6.07) is 7.11. The van der Waals surface area contributed by atoms with Crippen molar-refractivity contribution in [1.29, 1.82) is 0 Å². The van der Waals surface area contributed by atoms with Gasteiger partial charge in [-0.05, 0) is 24.1 Å². The predicted molar refractivity (Wildman–Crippen MR) is 58.2 cm³/mol. The summed E-state index contributed by atoms with van der Waals surface area (Å²) in [4.78, 5) is 0. The van der Waals surface area contributed by atoms with Gasteiger partial charge in [0.1, 0.15) is 5.75 Å². The average Bonchev–Trinajstić information content (AvgIpc) is 2.14. The molecule has 7 nitrogen and oxygen atoms in total. The zero-order valence-corrected chi connectivity index (χ0v) is 9.18. The summed E-state index contributed by atoms with van der Waals surface area (Å²) < 4.78 is 31.6. The Morgan fingerprint density at radius 1 is 1.19 bits per heavy atom. The van der Waals surface area contributed by atoms with Crippen molar-refractivity contribution in [3.63, 3.8) is 0 Å². The lowest BCUT2D eigenvalue weighted by molar-refractivity contribution is 0.381. The average molecular weight is 250 g/mol. The number of hydrogen-bond donors (Lipinski definition) is 5. The molecule has 1 aromatic rings. The number of hydrazine groups is 1. The van der Waals surface area contributed by atoms with Gasteiger partial charge in [-0.15, -0.1) is 0 Å². The maximum absolute atomic E-state index is 8.94. The Kier molecular flexibility index (Phi) is 6.61. The molecule has 1 aromatic carbocycles. The number of aromatic hydroxyl groups is 1. The smallest absolute Gasteiger partial charge is 0.394 e. The fourth-order valence-electron chi connectivity index (χ4n) is 0.879. The van der Waals surface area contributed by atoms with Gasteiger partial charge in [-0.3, -0.25) is 20.4 Å². The molecular formula is C8H14N2O5S. The van der Waals surface area contributed by atoms with E-state index < -0.39 is 10.4 Å². The molecule has 92 valence electrons. The molecule has 0 atom stereocenters. The fourth-order valence-corrected chi connectivity index (χ4v) is 0.879. The molecule has 0 saturated heterocycles. The number of hydrogen-bond acceptors (Lipinski definition) is 5. The van der Waals surface area contributed by atoms with Gasteiger partial charge in [-0.2, -0.15) is 8.42 Å². The first-order valence-corrected chi connectivity index (χ1v) is 5.64. The van der Waals surface area contributed by atoms with E-state index in [1.165, 1.54) is 5.56 Å². The summed E-state index contributed by atoms with van der Waals surface area (Å²) in [5, 5.41) is 8.94. The zero-order valence-electron chi connectivity index (χ0n) is 8.37. The Bertz CT molecular complexity index is 381. The van der Waals surface area contributed by atoms with Gasteiger partial charge in [0.2, 0.25) is 0 Å². The molecule has 16 heavy (non-hydrogen) atoms. The molecule has 0 bridgehead atoms. The van der Waals surface area contributed by atoms with Gasteiger partial charge in [0.15, 0.2) is 0 Å². The highest BCUT2D eigenvalue weighted by molar-refractivity contribution is 7.79. The Hall–Kier alpha value is -1.19. The number of benzene rings is 1. The van der Waals surface area contributed by atoms with Gasteiger partial charge < -0.3 is 5.11 Å². The summed E-state index contributed by atoms with van der Waals surface area (Å²) in [5.41, 5.74) is 3.74. The van der Waals surface area contributed by atoms with Crippen LogP contribution in [0.25, 0.3) is 0 Å². The first-order chi connectivity index (χ1) is 7.33. The molecule has 0 aliphatic rings. The van der Waals surface area contributed by atoms with Crippen LogP contribution in [0.3, 0.4) is 0 Å². The van der Waals surface area contributed by atoms with Crippen molar-refractivity contribution in [2.24, 2.45) is 5.84 Å². The number of phenolic OH excluding ortho intramolecular Hbond substituents is 1. The van der Waals surface area contributed by atoms with E-state index in [0.717, 1.165) is 13.0 Å². The summed E-state index contributed by atoms with van der Waals surface area (Å²) in [7, 11) is -4.67. The third kappa shape index (κ3) is 10.9. The molecule has 0 saturated carbocycles. The van der Waals surface area contributed by atoms with E-state index in [-0.39, 0.29) is 0 Å². The predicted octanol–water partition coefficient (Wildman–Crippen LogP) is -0.255. The highest BCUT2D eigenvalue weighted by Gasteiger charge is 1.91. The molecule has 1 rings (SSSR count). The first-order valence-electron chi connectivity index (χ1n) is 4.24. The van der Waals surface area contributed by atoms with Gasteiger partial charge in [0.05, 0.1) is 0 Å². The van der Waals surface area contributed by atoms with Crippen molar-refractivity contribution in [1.82, 2.24) is 5.43 Å². The Morgan fingerprint density at radius 3 is 2.00 bits per heavy atom. The van der Waals surface area contributed by atoms with Gasteiger partial charge in [-0.1, -0.05) is 12.1 Å². The molecule has 0 fully saturated rings. The quantitative estimate of drug-likeness (QED) is 0.283. The molecule has 6 N–H and O–H groups in total. The van der Waals surface area contributed by atoms with E-state index in [9.17, 15) is 0 Å². The summed E-state index contributed by atoms with van der Waals surface area (Å²) in [6.45, 7) is 0.755. The van der Waals surface area contributed by atoms with Crippen LogP contribution in [0.15, 0.2) is 24.3 Å². The van der Waals surface area contributed by atoms with E-state index in [1.807, 2.05) is 12.1 Å². The van der Waals surface area contributed by atoms with Crippen LogP contribution in [0.5, 0.6) is 5.75 Å². The zero-order chi connectivity index (χ0) is 12.6. The monoisotopic (exact) mass is 250 g/mol. The Labute approximate surface area is 93.5 Å². The second-order valence-corrected chi connectivity index (χ2v) is 3.71. The lowest BCUT2D eigenvalue weighted by Crippen LogP contribution is -2.24. The van der Waals surface area contributed by atoms with Gasteiger partial charge in [0, 0.05) is 6.54 Å². The minimum Gasteiger partial charge on any atom is -0.508 e. The van der Waals surface area contributed by atoms with Crippen LogP contribution in [-0.2, 0) is 16.8 Å². The molecule has 0 heterocycles. The summed E-state index contributed by atoms with van der Waals surface area (Å²) in [6.07, 6.45) is 0.886. The highest BCUT2D eigenvalue weighted by Crippen LogP contribution is 2.09. The molecule has 8 heteroatoms. The maximum Gasteiger partial charge on any atom is 0.394 e. The molecule has 0 unspecified atom stereocenters. The van der Waals surface area contributed by atoms with E-state index in [0.29, 0.717) is 5.75 Å². The molecule has 0 spiro atoms. The summed E-state index contributed by atoms with van der Waals surface area (Å²) in [5.74, 6) is 5.41. The number of nitrogens with one attached hydrogen (secondary N) is 1. The normalized spacial score (nSPS) is 10.4. The fraction of sp³-hybridized carbons (Fsp3) is 0.250. The maximum atomic E-state index is 8.94. The number of phenols is 1. The minimum absolute atomic E-state index is 0.300. The van der Waals surface area contributed by atoms with Crippen molar-refractivity contribution in [3.05, 3.63) is 29.8 Å². The molecule has 0 radical (unpaired) electrons. The highest BCUT2D eigenvalue weighted by atomic mass is 32.3. The molecule has 0 aromatic heterocycles. The number of nitrogens with two attached hydrogens (primary N) is 1. The van der Waals surface area contributed by atoms with Crippen LogP contribution in [0, 0.1) is 0 Å². The Morgan fingerprint density at radius 2 is 1.62 bits per heavy atom. The largest absolute Gasteiger partial charge is 0.508 e. The van der Waals surface area contributed by atoms with E-state index in [2.05, 4.69) is 5.43 Å². The first kappa shape index (κ1) is 14.8. The lowest BCUT2D eigenvalue weighted by Gasteiger charge is -1.99. The second kappa shape index (κ2) is 7.14. The SMILES string of the molecule is NNCCc1ccc(O)cc1.O=S(=O)(O)O. The van der Waals surface area contributed by atoms with Crippen LogP contribution in [0.2, 0.25) is 0 Å². The van der Waals surface area contributed by atoms with Crippen LogP contribution >= 0.6 is 0 Å². The van der Waals surface area contributed by atoms with Crippen molar-refractivity contribution in [3.8, 4) is 5.75 Å². The van der Waals surface area contributed by atoms with Gasteiger partial charge in [0.25, 0.3) is 0 Å². The third-order valence-corrected chi connectivity index (χ3v) is 1.49. The minimum atomic E-state index is -4.67. The van der Waals surface area contributed by atoms with E-state index in [4.69, 9.17) is 28.5 Å². The second-order valence-electron chi connectivity index (χ2n) is 2.82. The molecule has 0 amide bonds. The topological polar surface area (TPSA) is 133 Å². The van der Waals surface area contributed by atoms with E-state index in [1.54, 1.807) is 12.1 Å². The standard InChI is InChI=1S/C8H12N2O.H2O4S/c9-10-6-5-7-1-3-8(11)4-2-7;1-5(2,3)4/h1-4,10-11H,5-6,9H2;(H2,1,2,3,4). The van der Waals surface area contributed by atoms with E-state index >= 15 is 0 Å². The van der Waals surface area contributed by atoms with Crippen LogP contribution in [-0.4, -0.2) is 29.2 Å². The van der Waals surface area contributed by atoms with Crippen molar-refractivity contribution >= 4 is 10.4 Å². The number of rotatable bonds is 3. The van der Waals surface area contributed by atoms with Gasteiger partial charge in [-0.25, -0.2) is 0 Å². The Balaban J connectivity index is 0.000000385. The third-order valence-electron chi connectivity index (χ3n) is 1.49. The van der Waals surface area contributed by atoms with Crippen LogP contribution in [0.4, 0.5) is 0 Å². The summed E-state index contributed by atoms with van der Waals surface area (Å²) >= 11 is 0. The molecular weight excluding hydrogens is 236 g/mol.